The second-order valence-corrected chi connectivity index (χ2v) is 4.86. The summed E-state index contributed by atoms with van der Waals surface area (Å²) in [7, 11) is 0. The van der Waals surface area contributed by atoms with Crippen LogP contribution < -0.4 is 0 Å². The molecule has 0 radical (unpaired) electrons. The van der Waals surface area contributed by atoms with E-state index in [0.29, 0.717) is 13.0 Å². The van der Waals surface area contributed by atoms with Gasteiger partial charge in [0.1, 0.15) is 0 Å². The fourth-order valence-corrected chi connectivity index (χ4v) is 2.43. The molecule has 0 aliphatic heterocycles. The largest absolute Gasteiger partial charge is 0.463 e. The fraction of sp³-hybridized carbons (Fsp3) is 0.857. The van der Waals surface area contributed by atoms with Crippen molar-refractivity contribution in [3.63, 3.8) is 0 Å². The predicted molar refractivity (Wildman–Crippen MR) is 68.0 cm³/mol. The van der Waals surface area contributed by atoms with Gasteiger partial charge >= 0.3 is 11.9 Å². The summed E-state index contributed by atoms with van der Waals surface area (Å²) < 4.78 is 9.51. The van der Waals surface area contributed by atoms with Gasteiger partial charge in [-0.25, -0.2) is 4.79 Å². The maximum atomic E-state index is 11.4. The van der Waals surface area contributed by atoms with Crippen LogP contribution in [0.4, 0.5) is 0 Å². The zero-order valence-corrected chi connectivity index (χ0v) is 11.3. The standard InChI is InChI=1S/C14H24O4/c1-2-17-14(16)11-18-13(15)10-6-9-12-7-4-3-5-8-12/h12H,2-11H2,1H3. The predicted octanol–water partition coefficient (Wildman–Crippen LogP) is 2.84. The Morgan fingerprint density at radius 3 is 2.44 bits per heavy atom. The maximum absolute atomic E-state index is 11.4. The smallest absolute Gasteiger partial charge is 0.344 e. The average molecular weight is 256 g/mol. The van der Waals surface area contributed by atoms with E-state index in [-0.39, 0.29) is 12.6 Å². The lowest BCUT2D eigenvalue weighted by atomic mass is 9.86. The van der Waals surface area contributed by atoms with E-state index in [2.05, 4.69) is 4.74 Å². The van der Waals surface area contributed by atoms with Gasteiger partial charge in [0, 0.05) is 6.42 Å². The highest BCUT2D eigenvalue weighted by Crippen LogP contribution is 2.27. The molecule has 1 rings (SSSR count). The molecule has 0 aromatic carbocycles. The van der Waals surface area contributed by atoms with Gasteiger partial charge in [-0.15, -0.1) is 0 Å². The van der Waals surface area contributed by atoms with Gasteiger partial charge in [0.05, 0.1) is 6.61 Å². The second-order valence-electron chi connectivity index (χ2n) is 4.86. The lowest BCUT2D eigenvalue weighted by Gasteiger charge is -2.20. The van der Waals surface area contributed by atoms with E-state index in [1.54, 1.807) is 6.92 Å². The molecule has 4 nitrogen and oxygen atoms in total. The van der Waals surface area contributed by atoms with Gasteiger partial charge in [0.15, 0.2) is 6.61 Å². The van der Waals surface area contributed by atoms with E-state index in [1.807, 2.05) is 0 Å². The number of carbonyl (C=O) groups is 2. The normalized spacial score (nSPS) is 16.3. The molecule has 0 unspecified atom stereocenters. The van der Waals surface area contributed by atoms with Crippen molar-refractivity contribution in [3.05, 3.63) is 0 Å². The van der Waals surface area contributed by atoms with Gasteiger partial charge in [-0.2, -0.15) is 0 Å². The molecule has 0 heterocycles. The summed E-state index contributed by atoms with van der Waals surface area (Å²) in [5.41, 5.74) is 0. The van der Waals surface area contributed by atoms with E-state index in [0.717, 1.165) is 18.8 Å². The third-order valence-corrected chi connectivity index (χ3v) is 3.37. The molecule has 1 aliphatic rings. The molecule has 0 spiro atoms. The minimum absolute atomic E-state index is 0.254. The molecular weight excluding hydrogens is 232 g/mol. The van der Waals surface area contributed by atoms with Crippen molar-refractivity contribution in [3.8, 4) is 0 Å². The highest BCUT2D eigenvalue weighted by Gasteiger charge is 2.14. The van der Waals surface area contributed by atoms with Gasteiger partial charge in [-0.3, -0.25) is 4.79 Å². The Morgan fingerprint density at radius 2 is 1.78 bits per heavy atom. The molecule has 0 amide bonds. The van der Waals surface area contributed by atoms with Crippen LogP contribution in [0.2, 0.25) is 0 Å². The maximum Gasteiger partial charge on any atom is 0.344 e. The van der Waals surface area contributed by atoms with Crippen molar-refractivity contribution < 1.29 is 19.1 Å². The first-order valence-corrected chi connectivity index (χ1v) is 7.03. The summed E-state index contributed by atoms with van der Waals surface area (Å²) in [6.07, 6.45) is 9.01. The van der Waals surface area contributed by atoms with Gasteiger partial charge in [-0.1, -0.05) is 32.1 Å². The molecular formula is C14H24O4. The summed E-state index contributed by atoms with van der Waals surface area (Å²) >= 11 is 0. The van der Waals surface area contributed by atoms with Gasteiger partial charge < -0.3 is 9.47 Å². The first-order valence-electron chi connectivity index (χ1n) is 7.03. The Bertz CT molecular complexity index is 257. The fourth-order valence-electron chi connectivity index (χ4n) is 2.43. The second kappa shape index (κ2) is 8.95. The summed E-state index contributed by atoms with van der Waals surface area (Å²) in [5, 5.41) is 0. The molecule has 0 bridgehead atoms. The first kappa shape index (κ1) is 15.0. The van der Waals surface area contributed by atoms with Crippen LogP contribution in [0.5, 0.6) is 0 Å². The lowest BCUT2D eigenvalue weighted by molar-refractivity contribution is -0.158. The van der Waals surface area contributed by atoms with Crippen LogP contribution in [-0.4, -0.2) is 25.2 Å². The molecule has 0 N–H and O–H groups in total. The van der Waals surface area contributed by atoms with Crippen LogP contribution in [-0.2, 0) is 19.1 Å². The average Bonchev–Trinajstić information content (AvgIpc) is 2.38. The van der Waals surface area contributed by atoms with Crippen molar-refractivity contribution in [1.82, 2.24) is 0 Å². The SMILES string of the molecule is CCOC(=O)COC(=O)CCCC1CCCCC1. The monoisotopic (exact) mass is 256 g/mol. The van der Waals surface area contributed by atoms with E-state index >= 15 is 0 Å². The van der Waals surface area contributed by atoms with Crippen molar-refractivity contribution >= 4 is 11.9 Å². The lowest BCUT2D eigenvalue weighted by Crippen LogP contribution is -2.16. The molecule has 0 atom stereocenters. The molecule has 1 saturated carbocycles. The van der Waals surface area contributed by atoms with Crippen molar-refractivity contribution in [2.75, 3.05) is 13.2 Å². The minimum atomic E-state index is -0.474. The highest BCUT2D eigenvalue weighted by atomic mass is 16.6. The van der Waals surface area contributed by atoms with Crippen LogP contribution >= 0.6 is 0 Å². The highest BCUT2D eigenvalue weighted by molar-refractivity contribution is 5.76. The third-order valence-electron chi connectivity index (χ3n) is 3.37. The number of ether oxygens (including phenoxy) is 2. The quantitative estimate of drug-likeness (QED) is 0.657. The number of esters is 2. The van der Waals surface area contributed by atoms with Gasteiger partial charge in [0.25, 0.3) is 0 Å². The molecule has 1 aliphatic carbocycles. The van der Waals surface area contributed by atoms with E-state index in [9.17, 15) is 9.59 Å². The number of rotatable bonds is 7. The Kier molecular flexibility index (Phi) is 7.46. The molecule has 18 heavy (non-hydrogen) atoms. The van der Waals surface area contributed by atoms with E-state index in [1.165, 1.54) is 32.1 Å². The van der Waals surface area contributed by atoms with Crippen LogP contribution in [0.3, 0.4) is 0 Å². The minimum Gasteiger partial charge on any atom is -0.463 e. The molecule has 0 aromatic rings. The summed E-state index contributed by atoms with van der Waals surface area (Å²) in [6, 6.07) is 0. The number of hydrogen-bond donors (Lipinski definition) is 0. The third kappa shape index (κ3) is 6.62. The number of hydrogen-bond acceptors (Lipinski definition) is 4. The topological polar surface area (TPSA) is 52.6 Å². The molecule has 1 fully saturated rings. The van der Waals surface area contributed by atoms with Crippen LogP contribution in [0.1, 0.15) is 58.3 Å². The van der Waals surface area contributed by atoms with Crippen molar-refractivity contribution in [2.45, 2.75) is 58.3 Å². The molecule has 104 valence electrons. The van der Waals surface area contributed by atoms with Gasteiger partial charge in [0.2, 0.25) is 0 Å². The number of carbonyl (C=O) groups excluding carboxylic acids is 2. The van der Waals surface area contributed by atoms with Crippen LogP contribution in [0.15, 0.2) is 0 Å². The van der Waals surface area contributed by atoms with E-state index < -0.39 is 5.97 Å². The Hall–Kier alpha value is -1.06. The molecule has 0 saturated heterocycles. The molecule has 4 heteroatoms. The van der Waals surface area contributed by atoms with E-state index in [4.69, 9.17) is 4.74 Å². The first-order chi connectivity index (χ1) is 8.72. The zero-order valence-electron chi connectivity index (χ0n) is 11.3. The van der Waals surface area contributed by atoms with Crippen molar-refractivity contribution in [1.29, 1.82) is 0 Å². The Labute approximate surface area is 109 Å². The molecule has 0 aromatic heterocycles. The van der Waals surface area contributed by atoms with Crippen LogP contribution in [0.25, 0.3) is 0 Å². The summed E-state index contributed by atoms with van der Waals surface area (Å²) in [5.74, 6) is 0.0219. The zero-order chi connectivity index (χ0) is 13.2. The van der Waals surface area contributed by atoms with Crippen LogP contribution in [0, 0.1) is 5.92 Å². The summed E-state index contributed by atoms with van der Waals surface area (Å²) in [4.78, 5) is 22.3. The Morgan fingerprint density at radius 1 is 1.06 bits per heavy atom. The Balaban J connectivity index is 2.00. The van der Waals surface area contributed by atoms with Gasteiger partial charge in [-0.05, 0) is 25.7 Å². The summed E-state index contributed by atoms with van der Waals surface area (Å²) in [6.45, 7) is 1.79. The van der Waals surface area contributed by atoms with Crippen molar-refractivity contribution in [2.24, 2.45) is 5.92 Å².